The van der Waals surface area contributed by atoms with Gasteiger partial charge in [0.1, 0.15) is 0 Å². The van der Waals surface area contributed by atoms with Crippen LogP contribution in [0.3, 0.4) is 0 Å². The SMILES string of the molecule is O=CBN1CCN(CCCCN2C(=O)c3ccccc3C2=O)CC1. The summed E-state index contributed by atoms with van der Waals surface area (Å²) in [6.45, 7) is 5.26. The number of imide groups is 1. The summed E-state index contributed by atoms with van der Waals surface area (Å²) in [5, 5.41) is 0. The summed E-state index contributed by atoms with van der Waals surface area (Å²) < 4.78 is 0. The first-order valence-electron chi connectivity index (χ1n) is 8.54. The van der Waals surface area contributed by atoms with Gasteiger partial charge in [-0.25, -0.2) is 0 Å². The Bertz CT molecular complexity index is 594. The van der Waals surface area contributed by atoms with Crippen molar-refractivity contribution in [3.05, 3.63) is 35.4 Å². The van der Waals surface area contributed by atoms with Gasteiger partial charge >= 0.3 is 0 Å². The molecule has 2 aliphatic rings. The van der Waals surface area contributed by atoms with Crippen molar-refractivity contribution in [2.45, 2.75) is 12.8 Å². The molecule has 0 aromatic heterocycles. The van der Waals surface area contributed by atoms with Crippen LogP contribution in [0.4, 0.5) is 0 Å². The largest absolute Gasteiger partial charge is 0.336 e. The van der Waals surface area contributed by atoms with Gasteiger partial charge in [0.25, 0.3) is 19.2 Å². The zero-order chi connectivity index (χ0) is 16.9. The summed E-state index contributed by atoms with van der Waals surface area (Å²) in [5.74, 6) is -0.337. The highest BCUT2D eigenvalue weighted by Crippen LogP contribution is 2.22. The molecule has 1 aromatic carbocycles. The van der Waals surface area contributed by atoms with Crippen molar-refractivity contribution in [1.82, 2.24) is 14.6 Å². The first-order chi connectivity index (χ1) is 11.7. The van der Waals surface area contributed by atoms with E-state index < -0.39 is 0 Å². The Kier molecular flexibility index (Phi) is 5.43. The number of hydrogen-bond acceptors (Lipinski definition) is 5. The highest BCUT2D eigenvalue weighted by molar-refractivity contribution is 6.64. The number of unbranched alkanes of at least 4 members (excludes halogenated alkanes) is 1. The van der Waals surface area contributed by atoms with Crippen LogP contribution in [0.5, 0.6) is 0 Å². The van der Waals surface area contributed by atoms with Crippen molar-refractivity contribution < 1.29 is 14.4 Å². The number of hydrogen-bond donors (Lipinski definition) is 0. The van der Waals surface area contributed by atoms with Gasteiger partial charge in [0.05, 0.1) is 17.3 Å². The number of carbonyl (C=O) groups is 3. The average molecular weight is 327 g/mol. The van der Waals surface area contributed by atoms with E-state index in [-0.39, 0.29) is 11.8 Å². The van der Waals surface area contributed by atoms with Crippen molar-refractivity contribution in [2.24, 2.45) is 0 Å². The molecule has 0 bridgehead atoms. The number of benzene rings is 1. The molecule has 0 unspecified atom stereocenters. The van der Waals surface area contributed by atoms with E-state index >= 15 is 0 Å². The molecule has 2 heterocycles. The second kappa shape index (κ2) is 7.72. The van der Waals surface area contributed by atoms with Gasteiger partial charge in [-0.2, -0.15) is 0 Å². The van der Waals surface area contributed by atoms with Crippen molar-refractivity contribution in [3.8, 4) is 0 Å². The van der Waals surface area contributed by atoms with E-state index in [2.05, 4.69) is 9.71 Å². The van der Waals surface area contributed by atoms with Crippen LogP contribution in [-0.4, -0.2) is 79.3 Å². The summed E-state index contributed by atoms with van der Waals surface area (Å²) >= 11 is 0. The fourth-order valence-corrected chi connectivity index (χ4v) is 3.35. The van der Waals surface area contributed by atoms with Crippen LogP contribution in [0.1, 0.15) is 33.6 Å². The van der Waals surface area contributed by atoms with Crippen LogP contribution < -0.4 is 0 Å². The second-order valence-corrected chi connectivity index (χ2v) is 6.32. The fourth-order valence-electron chi connectivity index (χ4n) is 3.35. The Balaban J connectivity index is 1.40. The summed E-state index contributed by atoms with van der Waals surface area (Å²) in [5.41, 5.74) is 1.04. The van der Waals surface area contributed by atoms with Crippen LogP contribution in [0, 0.1) is 0 Å². The molecule has 6 nitrogen and oxygen atoms in total. The second-order valence-electron chi connectivity index (χ2n) is 6.32. The quantitative estimate of drug-likeness (QED) is 0.310. The third-order valence-corrected chi connectivity index (χ3v) is 4.78. The summed E-state index contributed by atoms with van der Waals surface area (Å²) in [7, 11) is 0.521. The van der Waals surface area contributed by atoms with Gasteiger partial charge in [0.2, 0.25) is 0 Å². The highest BCUT2D eigenvalue weighted by atomic mass is 16.2. The lowest BCUT2D eigenvalue weighted by atomic mass is 9.93. The molecule has 24 heavy (non-hydrogen) atoms. The van der Waals surface area contributed by atoms with Crippen LogP contribution >= 0.6 is 0 Å². The van der Waals surface area contributed by atoms with Crippen LogP contribution in [0.2, 0.25) is 0 Å². The first kappa shape index (κ1) is 16.9. The molecular formula is C17H22BN3O3. The van der Waals surface area contributed by atoms with E-state index in [1.54, 1.807) is 24.3 Å². The fraction of sp³-hybridized carbons (Fsp3) is 0.471. The Hall–Kier alpha value is -1.99. The minimum absolute atomic E-state index is 0.168. The summed E-state index contributed by atoms with van der Waals surface area (Å²) in [6.07, 6.45) is 2.73. The maximum atomic E-state index is 12.3. The van der Waals surface area contributed by atoms with Gasteiger partial charge in [0.15, 0.2) is 0 Å². The number of carbonyl (C=O) groups excluding carboxylic acids is 3. The van der Waals surface area contributed by atoms with Crippen LogP contribution in [0.15, 0.2) is 24.3 Å². The molecule has 0 aliphatic carbocycles. The molecule has 2 aliphatic heterocycles. The highest BCUT2D eigenvalue weighted by Gasteiger charge is 2.34. The van der Waals surface area contributed by atoms with E-state index in [9.17, 15) is 14.4 Å². The number of nitrogens with zero attached hydrogens (tertiary/aromatic N) is 3. The van der Waals surface area contributed by atoms with E-state index in [4.69, 9.17) is 0 Å². The number of rotatable bonds is 7. The predicted molar refractivity (Wildman–Crippen MR) is 93.0 cm³/mol. The zero-order valence-electron chi connectivity index (χ0n) is 13.8. The number of piperazine rings is 1. The minimum atomic E-state index is -0.168. The van der Waals surface area contributed by atoms with E-state index in [1.807, 2.05) is 0 Å². The molecule has 3 rings (SSSR count). The third-order valence-electron chi connectivity index (χ3n) is 4.78. The molecule has 0 N–H and O–H groups in total. The van der Waals surface area contributed by atoms with Gasteiger partial charge < -0.3 is 14.5 Å². The van der Waals surface area contributed by atoms with Crippen molar-refractivity contribution in [2.75, 3.05) is 39.3 Å². The molecule has 126 valence electrons. The Morgan fingerprint density at radius 1 is 0.917 bits per heavy atom. The molecule has 0 radical (unpaired) electrons. The Labute approximate surface area is 142 Å². The van der Waals surface area contributed by atoms with Crippen LogP contribution in [0.25, 0.3) is 0 Å². The van der Waals surface area contributed by atoms with Gasteiger partial charge in [-0.15, -0.1) is 0 Å². The van der Waals surface area contributed by atoms with Gasteiger partial charge in [0, 0.05) is 32.7 Å². The van der Waals surface area contributed by atoms with Crippen LogP contribution in [-0.2, 0) is 4.79 Å². The summed E-state index contributed by atoms with van der Waals surface area (Å²) in [4.78, 5) is 40.9. The van der Waals surface area contributed by atoms with Gasteiger partial charge in [-0.3, -0.25) is 14.5 Å². The molecule has 0 saturated carbocycles. The van der Waals surface area contributed by atoms with E-state index in [1.165, 1.54) is 4.90 Å². The van der Waals surface area contributed by atoms with E-state index in [0.29, 0.717) is 25.1 Å². The standard InChI is InChI=1S/C17H22BN3O3/c22-13-18-20-11-9-19(10-12-20)7-3-4-8-21-16(23)14-5-1-2-6-15(14)17(21)24/h1-2,5-6,13,18H,3-4,7-12H2. The molecule has 1 aromatic rings. The summed E-state index contributed by atoms with van der Waals surface area (Å²) in [6, 6.07) is 7.01. The van der Waals surface area contributed by atoms with Crippen molar-refractivity contribution in [1.29, 1.82) is 0 Å². The topological polar surface area (TPSA) is 60.9 Å². The molecule has 0 atom stereocenters. The Morgan fingerprint density at radius 2 is 1.50 bits per heavy atom. The minimum Gasteiger partial charge on any atom is -0.336 e. The molecule has 1 saturated heterocycles. The third kappa shape index (κ3) is 3.57. The lowest BCUT2D eigenvalue weighted by molar-refractivity contribution is 0.0649. The maximum Gasteiger partial charge on any atom is 0.281 e. The molecule has 1 fully saturated rings. The van der Waals surface area contributed by atoms with Gasteiger partial charge in [-0.05, 0) is 31.5 Å². The lowest BCUT2D eigenvalue weighted by Gasteiger charge is -2.33. The monoisotopic (exact) mass is 327 g/mol. The average Bonchev–Trinajstić information content (AvgIpc) is 2.85. The smallest absolute Gasteiger partial charge is 0.281 e. The van der Waals surface area contributed by atoms with Crippen molar-refractivity contribution >= 4 is 25.4 Å². The number of fused-ring (bicyclic) bond motifs is 1. The lowest BCUT2D eigenvalue weighted by Crippen LogP contribution is -2.48. The first-order valence-corrected chi connectivity index (χ1v) is 8.54. The van der Waals surface area contributed by atoms with Crippen molar-refractivity contribution in [3.63, 3.8) is 0 Å². The molecular weight excluding hydrogens is 305 g/mol. The molecule has 7 heteroatoms. The number of amides is 2. The zero-order valence-corrected chi connectivity index (χ0v) is 13.8. The van der Waals surface area contributed by atoms with Gasteiger partial charge in [-0.1, -0.05) is 12.1 Å². The predicted octanol–water partition coefficient (Wildman–Crippen LogP) is 0.222. The maximum absolute atomic E-state index is 12.3. The molecule has 0 spiro atoms. The normalized spacial score (nSPS) is 18.8. The molecule has 2 amide bonds. The Morgan fingerprint density at radius 3 is 2.08 bits per heavy atom. The van der Waals surface area contributed by atoms with E-state index in [0.717, 1.165) is 51.8 Å².